The highest BCUT2D eigenvalue weighted by atomic mass is 31.0. The Bertz CT molecular complexity index is 454. The first-order chi connectivity index (χ1) is 8.93. The third kappa shape index (κ3) is 2.81. The van der Waals surface area contributed by atoms with E-state index in [1.54, 1.807) is 10.4 Å². The van der Waals surface area contributed by atoms with E-state index in [4.69, 9.17) is 0 Å². The molecule has 1 aliphatic rings. The van der Waals surface area contributed by atoms with Crippen molar-refractivity contribution in [2.75, 3.05) is 0 Å². The Labute approximate surface area is 112 Å². The number of hydrogen-bond donors (Lipinski definition) is 0. The fourth-order valence-corrected chi connectivity index (χ4v) is 4.77. The molecule has 0 bridgehead atoms. The van der Waals surface area contributed by atoms with Gasteiger partial charge in [-0.05, 0) is 40.6 Å². The number of fused-ring (bicyclic) bond motifs is 1. The third-order valence-corrected chi connectivity index (χ3v) is 5.91. The SMILES string of the molecule is c1ccc2[pH]c(C3CCCCCCCC3)cc2c1. The molecule has 2 aromatic rings. The lowest BCUT2D eigenvalue weighted by Gasteiger charge is -2.14. The van der Waals surface area contributed by atoms with Gasteiger partial charge in [-0.2, -0.15) is 0 Å². The van der Waals surface area contributed by atoms with Gasteiger partial charge in [-0.25, -0.2) is 0 Å². The van der Waals surface area contributed by atoms with Crippen LogP contribution in [0.5, 0.6) is 0 Å². The van der Waals surface area contributed by atoms with Crippen molar-refractivity contribution in [3.8, 4) is 0 Å². The normalized spacial score (nSPS) is 19.8. The standard InChI is InChI=1S/C17H23P/c1-2-4-6-10-14(9-5-3-1)17-13-15-11-7-8-12-16(15)18-17/h7-8,11-14,18H,1-6,9-10H2. The van der Waals surface area contributed by atoms with E-state index >= 15 is 0 Å². The van der Waals surface area contributed by atoms with Gasteiger partial charge in [0, 0.05) is 0 Å². The lowest BCUT2D eigenvalue weighted by atomic mass is 9.95. The van der Waals surface area contributed by atoms with Gasteiger partial charge in [0.05, 0.1) is 0 Å². The molecule has 0 saturated heterocycles. The maximum atomic E-state index is 2.50. The van der Waals surface area contributed by atoms with E-state index in [9.17, 15) is 0 Å². The number of rotatable bonds is 1. The molecule has 18 heavy (non-hydrogen) atoms. The van der Waals surface area contributed by atoms with Gasteiger partial charge in [0.1, 0.15) is 0 Å². The summed E-state index contributed by atoms with van der Waals surface area (Å²) in [4.78, 5) is 0. The van der Waals surface area contributed by atoms with Crippen LogP contribution in [0, 0.1) is 0 Å². The summed E-state index contributed by atoms with van der Waals surface area (Å²) in [6, 6.07) is 11.4. The van der Waals surface area contributed by atoms with Crippen molar-refractivity contribution < 1.29 is 0 Å². The Hall–Kier alpha value is -0.740. The summed E-state index contributed by atoms with van der Waals surface area (Å²) in [6.07, 6.45) is 11.6. The smallest absolute Gasteiger partial charge is 0.00155 e. The van der Waals surface area contributed by atoms with Crippen molar-refractivity contribution in [3.63, 3.8) is 0 Å². The number of hydrogen-bond acceptors (Lipinski definition) is 0. The molecule has 0 nitrogen and oxygen atoms in total. The van der Waals surface area contributed by atoms with Gasteiger partial charge in [0.2, 0.25) is 0 Å². The second kappa shape index (κ2) is 5.93. The second-order valence-electron chi connectivity index (χ2n) is 5.71. The predicted octanol–water partition coefficient (Wildman–Crippen LogP) is 6.09. The van der Waals surface area contributed by atoms with Crippen molar-refractivity contribution in [1.82, 2.24) is 0 Å². The quantitative estimate of drug-likeness (QED) is 0.580. The maximum Gasteiger partial charge on any atom is -0.00155 e. The fourth-order valence-electron chi connectivity index (χ4n) is 3.26. The molecule has 1 aromatic carbocycles. The van der Waals surface area contributed by atoms with Crippen molar-refractivity contribution in [2.24, 2.45) is 0 Å². The molecular formula is C17H23P. The monoisotopic (exact) mass is 258 g/mol. The van der Waals surface area contributed by atoms with Crippen LogP contribution >= 0.6 is 8.19 Å². The Balaban J connectivity index is 1.82. The Morgan fingerprint density at radius 2 is 1.50 bits per heavy atom. The maximum absolute atomic E-state index is 2.50. The fraction of sp³-hybridized carbons (Fsp3) is 0.529. The van der Waals surface area contributed by atoms with Crippen molar-refractivity contribution >= 4 is 18.7 Å². The molecule has 0 spiro atoms. The van der Waals surface area contributed by atoms with E-state index in [0.29, 0.717) is 0 Å². The summed E-state index contributed by atoms with van der Waals surface area (Å²) >= 11 is 0. The molecule has 1 aliphatic carbocycles. The molecular weight excluding hydrogens is 235 g/mol. The van der Waals surface area contributed by atoms with Gasteiger partial charge in [0.15, 0.2) is 0 Å². The third-order valence-electron chi connectivity index (χ3n) is 4.35. The summed E-state index contributed by atoms with van der Waals surface area (Å²) < 4.78 is 0. The summed E-state index contributed by atoms with van der Waals surface area (Å²) in [7, 11) is 0.955. The molecule has 1 heteroatoms. The molecule has 0 N–H and O–H groups in total. The first kappa shape index (κ1) is 12.3. The van der Waals surface area contributed by atoms with Gasteiger partial charge in [-0.1, -0.05) is 62.8 Å². The number of benzene rings is 1. The minimum atomic E-state index is 0.883. The van der Waals surface area contributed by atoms with Crippen LogP contribution in [-0.4, -0.2) is 0 Å². The Morgan fingerprint density at radius 1 is 0.833 bits per heavy atom. The van der Waals surface area contributed by atoms with Crippen LogP contribution in [-0.2, 0) is 0 Å². The molecule has 0 amide bonds. The van der Waals surface area contributed by atoms with Crippen molar-refractivity contribution in [1.29, 1.82) is 0 Å². The molecule has 3 rings (SSSR count). The Kier molecular flexibility index (Phi) is 4.06. The van der Waals surface area contributed by atoms with Crippen LogP contribution in [0.1, 0.15) is 62.6 Å². The van der Waals surface area contributed by atoms with Gasteiger partial charge in [-0.15, -0.1) is 8.19 Å². The first-order valence-corrected chi connectivity index (χ1v) is 8.51. The molecule has 1 heterocycles. The average molecular weight is 258 g/mol. The summed E-state index contributed by atoms with van der Waals surface area (Å²) in [5, 5.41) is 4.82. The van der Waals surface area contributed by atoms with Gasteiger partial charge in [-0.3, -0.25) is 0 Å². The molecule has 0 aliphatic heterocycles. The molecule has 1 aromatic heterocycles. The van der Waals surface area contributed by atoms with E-state index < -0.39 is 0 Å². The molecule has 1 fully saturated rings. The summed E-state index contributed by atoms with van der Waals surface area (Å²) in [6.45, 7) is 0. The lowest BCUT2D eigenvalue weighted by Crippen LogP contribution is -1.95. The Morgan fingerprint density at radius 3 is 2.22 bits per heavy atom. The lowest BCUT2D eigenvalue weighted by molar-refractivity contribution is 0.547. The summed E-state index contributed by atoms with van der Waals surface area (Å²) in [5.41, 5.74) is 0. The highest BCUT2D eigenvalue weighted by Crippen LogP contribution is 2.40. The molecule has 0 radical (unpaired) electrons. The van der Waals surface area contributed by atoms with Crippen LogP contribution in [0.25, 0.3) is 10.5 Å². The minimum absolute atomic E-state index is 0.883. The average Bonchev–Trinajstić information content (AvgIpc) is 2.87. The van der Waals surface area contributed by atoms with Crippen molar-refractivity contribution in [3.05, 3.63) is 35.6 Å². The zero-order chi connectivity index (χ0) is 12.2. The van der Waals surface area contributed by atoms with Crippen molar-refractivity contribution in [2.45, 2.75) is 57.3 Å². The van der Waals surface area contributed by atoms with E-state index in [0.717, 1.165) is 14.1 Å². The van der Waals surface area contributed by atoms with Gasteiger partial charge >= 0.3 is 0 Å². The van der Waals surface area contributed by atoms with Crippen LogP contribution < -0.4 is 0 Å². The van der Waals surface area contributed by atoms with Crippen LogP contribution in [0.3, 0.4) is 0 Å². The first-order valence-electron chi connectivity index (χ1n) is 7.51. The highest BCUT2D eigenvalue weighted by molar-refractivity contribution is 7.38. The second-order valence-corrected chi connectivity index (χ2v) is 7.07. The molecule has 96 valence electrons. The van der Waals surface area contributed by atoms with Gasteiger partial charge in [0.25, 0.3) is 0 Å². The largest absolute Gasteiger partial charge is 0.128 e. The molecule has 1 saturated carbocycles. The van der Waals surface area contributed by atoms with Gasteiger partial charge < -0.3 is 0 Å². The zero-order valence-corrected chi connectivity index (χ0v) is 12.1. The zero-order valence-electron chi connectivity index (χ0n) is 11.1. The van der Waals surface area contributed by atoms with E-state index in [-0.39, 0.29) is 0 Å². The van der Waals surface area contributed by atoms with Crippen LogP contribution in [0.4, 0.5) is 0 Å². The van der Waals surface area contributed by atoms with E-state index in [1.807, 2.05) is 0 Å². The summed E-state index contributed by atoms with van der Waals surface area (Å²) in [5.74, 6) is 0.883. The van der Waals surface area contributed by atoms with E-state index in [1.165, 1.54) is 56.8 Å². The van der Waals surface area contributed by atoms with E-state index in [2.05, 4.69) is 30.3 Å². The minimum Gasteiger partial charge on any atom is -0.128 e. The molecule has 1 atom stereocenters. The highest BCUT2D eigenvalue weighted by Gasteiger charge is 2.14. The molecule has 1 unspecified atom stereocenters. The van der Waals surface area contributed by atoms with Crippen LogP contribution in [0.2, 0.25) is 0 Å². The predicted molar refractivity (Wildman–Crippen MR) is 83.1 cm³/mol. The van der Waals surface area contributed by atoms with Crippen LogP contribution in [0.15, 0.2) is 30.3 Å². The topological polar surface area (TPSA) is 0 Å².